The normalized spacial score (nSPS) is 11.8. The highest BCUT2D eigenvalue weighted by molar-refractivity contribution is 5.82. The van der Waals surface area contributed by atoms with Crippen molar-refractivity contribution in [1.29, 1.82) is 0 Å². The number of aromatic nitrogens is 1. The molecule has 0 aliphatic carbocycles. The van der Waals surface area contributed by atoms with Crippen molar-refractivity contribution >= 4 is 11.1 Å². The molecule has 0 N–H and O–H groups in total. The third-order valence-electron chi connectivity index (χ3n) is 4.01. The lowest BCUT2D eigenvalue weighted by Gasteiger charge is -2.06. The largest absolute Gasteiger partial charge is 0.436 e. The topological polar surface area (TPSA) is 26.0 Å². The predicted molar refractivity (Wildman–Crippen MR) is 89.8 cm³/mol. The molecule has 0 aliphatic rings. The molecule has 4 aromatic rings. The monoisotopic (exact) mass is 357 g/mol. The summed E-state index contributed by atoms with van der Waals surface area (Å²) in [6.45, 7) is 0. The summed E-state index contributed by atoms with van der Waals surface area (Å²) in [4.78, 5) is 4.24. The average Bonchev–Trinajstić information content (AvgIpc) is 3.05. The minimum absolute atomic E-state index is 0.0804. The molecule has 0 saturated heterocycles. The first-order chi connectivity index (χ1) is 12.4. The van der Waals surface area contributed by atoms with Crippen LogP contribution in [0.1, 0.15) is 5.56 Å². The van der Waals surface area contributed by atoms with Crippen molar-refractivity contribution in [3.63, 3.8) is 0 Å². The quantitative estimate of drug-likeness (QED) is 0.392. The molecular formula is C20H11F4NO. The highest BCUT2D eigenvalue weighted by Gasteiger charge is 2.30. The van der Waals surface area contributed by atoms with Crippen LogP contribution in [-0.4, -0.2) is 4.98 Å². The molecular weight excluding hydrogens is 346 g/mol. The van der Waals surface area contributed by atoms with Crippen LogP contribution in [0.15, 0.2) is 71.1 Å². The predicted octanol–water partition coefficient (Wildman–Crippen LogP) is 6.32. The molecule has 130 valence electrons. The van der Waals surface area contributed by atoms with E-state index >= 15 is 0 Å². The molecule has 6 heteroatoms. The maximum absolute atomic E-state index is 13.9. The molecule has 0 aliphatic heterocycles. The number of rotatable bonds is 2. The summed E-state index contributed by atoms with van der Waals surface area (Å²) >= 11 is 0. The molecule has 0 spiro atoms. The first-order valence-corrected chi connectivity index (χ1v) is 7.75. The van der Waals surface area contributed by atoms with Gasteiger partial charge >= 0.3 is 6.18 Å². The van der Waals surface area contributed by atoms with E-state index in [1.807, 2.05) is 0 Å². The third kappa shape index (κ3) is 2.94. The summed E-state index contributed by atoms with van der Waals surface area (Å²) in [6.07, 6.45) is -4.44. The molecule has 0 amide bonds. The Balaban J connectivity index is 1.79. The molecule has 2 nitrogen and oxygen atoms in total. The molecule has 0 bridgehead atoms. The Labute approximate surface area is 145 Å². The van der Waals surface area contributed by atoms with Gasteiger partial charge in [0.15, 0.2) is 5.58 Å². The molecule has 0 radical (unpaired) electrons. The second-order valence-electron chi connectivity index (χ2n) is 5.76. The van der Waals surface area contributed by atoms with Crippen LogP contribution >= 0.6 is 0 Å². The minimum atomic E-state index is -4.44. The summed E-state index contributed by atoms with van der Waals surface area (Å²) in [5.74, 6) is -0.291. The molecule has 0 atom stereocenters. The third-order valence-corrected chi connectivity index (χ3v) is 4.01. The second-order valence-corrected chi connectivity index (χ2v) is 5.76. The first-order valence-electron chi connectivity index (χ1n) is 7.75. The van der Waals surface area contributed by atoms with Crippen LogP contribution in [0.2, 0.25) is 0 Å². The number of oxazole rings is 1. The number of hydrogen-bond donors (Lipinski definition) is 0. The Morgan fingerprint density at radius 2 is 1.62 bits per heavy atom. The Morgan fingerprint density at radius 3 is 2.38 bits per heavy atom. The summed E-state index contributed by atoms with van der Waals surface area (Å²) in [6, 6.07) is 16.1. The van der Waals surface area contributed by atoms with Gasteiger partial charge in [0, 0.05) is 11.1 Å². The van der Waals surface area contributed by atoms with E-state index in [9.17, 15) is 17.6 Å². The van der Waals surface area contributed by atoms with E-state index in [0.29, 0.717) is 22.2 Å². The zero-order valence-electron chi connectivity index (χ0n) is 13.2. The Morgan fingerprint density at radius 1 is 0.808 bits per heavy atom. The van der Waals surface area contributed by atoms with E-state index in [1.165, 1.54) is 18.2 Å². The zero-order chi connectivity index (χ0) is 18.3. The van der Waals surface area contributed by atoms with Gasteiger partial charge in [0.05, 0.1) is 5.56 Å². The molecule has 26 heavy (non-hydrogen) atoms. The molecule has 4 rings (SSSR count). The van der Waals surface area contributed by atoms with Crippen LogP contribution in [-0.2, 0) is 6.18 Å². The van der Waals surface area contributed by atoms with Gasteiger partial charge < -0.3 is 4.42 Å². The summed E-state index contributed by atoms with van der Waals surface area (Å²) < 4.78 is 58.2. The van der Waals surface area contributed by atoms with Crippen LogP contribution in [0.25, 0.3) is 33.7 Å². The van der Waals surface area contributed by atoms with Crippen molar-refractivity contribution in [3.05, 3.63) is 78.1 Å². The van der Waals surface area contributed by atoms with Gasteiger partial charge in [0.2, 0.25) is 5.89 Å². The fourth-order valence-corrected chi connectivity index (χ4v) is 2.74. The number of hydrogen-bond acceptors (Lipinski definition) is 2. The smallest absolute Gasteiger partial charge is 0.416 e. The van der Waals surface area contributed by atoms with E-state index in [2.05, 4.69) is 4.98 Å². The van der Waals surface area contributed by atoms with Crippen LogP contribution in [0.4, 0.5) is 17.6 Å². The van der Waals surface area contributed by atoms with Gasteiger partial charge in [-0.15, -0.1) is 0 Å². The first kappa shape index (κ1) is 16.3. The van der Waals surface area contributed by atoms with Crippen molar-refractivity contribution < 1.29 is 22.0 Å². The van der Waals surface area contributed by atoms with E-state index in [-0.39, 0.29) is 17.3 Å². The molecule has 0 fully saturated rings. The average molecular weight is 357 g/mol. The van der Waals surface area contributed by atoms with E-state index in [1.54, 1.807) is 36.4 Å². The van der Waals surface area contributed by atoms with Crippen molar-refractivity contribution in [2.75, 3.05) is 0 Å². The molecule has 3 aromatic carbocycles. The zero-order valence-corrected chi connectivity index (χ0v) is 13.2. The lowest BCUT2D eigenvalue weighted by Crippen LogP contribution is -2.04. The van der Waals surface area contributed by atoms with Crippen LogP contribution in [0, 0.1) is 5.82 Å². The summed E-state index contributed by atoms with van der Waals surface area (Å²) in [5.41, 5.74) is 1.32. The van der Waals surface area contributed by atoms with Gasteiger partial charge in [-0.05, 0) is 42.0 Å². The van der Waals surface area contributed by atoms with E-state index < -0.39 is 11.7 Å². The van der Waals surface area contributed by atoms with Gasteiger partial charge in [-0.2, -0.15) is 13.2 Å². The highest BCUT2D eigenvalue weighted by atomic mass is 19.4. The highest BCUT2D eigenvalue weighted by Crippen LogP contribution is 2.34. The fourth-order valence-electron chi connectivity index (χ4n) is 2.74. The van der Waals surface area contributed by atoms with Crippen LogP contribution < -0.4 is 0 Å². The SMILES string of the molecule is Fc1ccccc1-c1ccc2nc(-c3cccc(C(F)(F)F)c3)oc2c1. The van der Waals surface area contributed by atoms with E-state index in [0.717, 1.165) is 12.1 Å². The van der Waals surface area contributed by atoms with Gasteiger partial charge in [-0.3, -0.25) is 0 Å². The van der Waals surface area contributed by atoms with Crippen molar-refractivity contribution in [2.24, 2.45) is 0 Å². The standard InChI is InChI=1S/C20H11F4NO/c21-16-7-2-1-6-15(16)12-8-9-17-18(11-12)26-19(25-17)13-4-3-5-14(10-13)20(22,23)24/h1-11H. The van der Waals surface area contributed by atoms with Gasteiger partial charge in [-0.25, -0.2) is 9.37 Å². The number of alkyl halides is 3. The molecule has 0 unspecified atom stereocenters. The number of benzene rings is 3. The Bertz CT molecular complexity index is 1100. The van der Waals surface area contributed by atoms with Crippen LogP contribution in [0.5, 0.6) is 0 Å². The lowest BCUT2D eigenvalue weighted by molar-refractivity contribution is -0.137. The number of nitrogens with zero attached hydrogens (tertiary/aromatic N) is 1. The van der Waals surface area contributed by atoms with E-state index in [4.69, 9.17) is 4.42 Å². The van der Waals surface area contributed by atoms with Gasteiger partial charge in [0.25, 0.3) is 0 Å². The van der Waals surface area contributed by atoms with Crippen molar-refractivity contribution in [1.82, 2.24) is 4.98 Å². The second kappa shape index (κ2) is 5.98. The summed E-state index contributed by atoms with van der Waals surface area (Å²) in [7, 11) is 0. The Kier molecular flexibility index (Phi) is 3.76. The fraction of sp³-hybridized carbons (Fsp3) is 0.0500. The minimum Gasteiger partial charge on any atom is -0.436 e. The van der Waals surface area contributed by atoms with Gasteiger partial charge in [0.1, 0.15) is 11.3 Å². The van der Waals surface area contributed by atoms with Gasteiger partial charge in [-0.1, -0.05) is 30.3 Å². The molecule has 1 heterocycles. The van der Waals surface area contributed by atoms with Crippen molar-refractivity contribution in [3.8, 4) is 22.6 Å². The lowest BCUT2D eigenvalue weighted by atomic mass is 10.1. The van der Waals surface area contributed by atoms with Crippen LogP contribution in [0.3, 0.4) is 0 Å². The molecule has 0 saturated carbocycles. The number of halogens is 4. The summed E-state index contributed by atoms with van der Waals surface area (Å²) in [5, 5.41) is 0. The Hall–Kier alpha value is -3.15. The van der Waals surface area contributed by atoms with Crippen molar-refractivity contribution in [2.45, 2.75) is 6.18 Å². The number of fused-ring (bicyclic) bond motifs is 1. The maximum Gasteiger partial charge on any atom is 0.416 e. The molecule has 1 aromatic heterocycles. The maximum atomic E-state index is 13.9.